The van der Waals surface area contributed by atoms with Crippen molar-refractivity contribution >= 4 is 0 Å². The highest BCUT2D eigenvalue weighted by molar-refractivity contribution is 5.62. The Morgan fingerprint density at radius 1 is 1.25 bits per heavy atom. The molecule has 1 aromatic carbocycles. The zero-order valence-corrected chi connectivity index (χ0v) is 9.74. The van der Waals surface area contributed by atoms with E-state index in [0.29, 0.717) is 11.6 Å². The standard InChI is InChI=1S/C13H15FN2/c1-9(2)16-8-10(3)13(15-16)11-6-4-5-7-12(11)14/h4-9H,1-3H3. The minimum Gasteiger partial charge on any atom is -0.269 e. The zero-order chi connectivity index (χ0) is 11.7. The molecule has 2 rings (SSSR count). The van der Waals surface area contributed by atoms with Gasteiger partial charge in [0.2, 0.25) is 0 Å². The molecule has 0 amide bonds. The van der Waals surface area contributed by atoms with Gasteiger partial charge in [0.1, 0.15) is 5.82 Å². The molecule has 0 unspecified atom stereocenters. The normalized spacial score (nSPS) is 11.1. The number of aromatic nitrogens is 2. The van der Waals surface area contributed by atoms with E-state index in [1.54, 1.807) is 12.1 Å². The lowest BCUT2D eigenvalue weighted by Gasteiger charge is -2.04. The number of nitrogens with zero attached hydrogens (tertiary/aromatic N) is 2. The highest BCUT2D eigenvalue weighted by Gasteiger charge is 2.12. The van der Waals surface area contributed by atoms with Crippen molar-refractivity contribution in [2.45, 2.75) is 26.8 Å². The van der Waals surface area contributed by atoms with Gasteiger partial charge in [-0.3, -0.25) is 4.68 Å². The van der Waals surface area contributed by atoms with Gasteiger partial charge in [0, 0.05) is 17.8 Å². The van der Waals surface area contributed by atoms with Gasteiger partial charge in [-0.2, -0.15) is 5.10 Å². The Hall–Kier alpha value is -1.64. The summed E-state index contributed by atoms with van der Waals surface area (Å²) >= 11 is 0. The molecule has 2 nitrogen and oxygen atoms in total. The second-order valence-electron chi connectivity index (χ2n) is 4.21. The van der Waals surface area contributed by atoms with Crippen LogP contribution in [0.2, 0.25) is 0 Å². The first-order valence-electron chi connectivity index (χ1n) is 5.40. The Labute approximate surface area is 94.7 Å². The van der Waals surface area contributed by atoms with Crippen LogP contribution in [0.25, 0.3) is 11.3 Å². The van der Waals surface area contributed by atoms with E-state index in [1.165, 1.54) is 6.07 Å². The molecule has 0 spiro atoms. The van der Waals surface area contributed by atoms with Crippen LogP contribution in [0, 0.1) is 12.7 Å². The number of hydrogen-bond acceptors (Lipinski definition) is 1. The predicted molar refractivity (Wildman–Crippen MR) is 62.7 cm³/mol. The molecule has 0 saturated carbocycles. The zero-order valence-electron chi connectivity index (χ0n) is 9.74. The van der Waals surface area contributed by atoms with Gasteiger partial charge in [-0.05, 0) is 38.5 Å². The van der Waals surface area contributed by atoms with Crippen molar-refractivity contribution in [3.63, 3.8) is 0 Å². The largest absolute Gasteiger partial charge is 0.269 e. The smallest absolute Gasteiger partial charge is 0.132 e. The molecule has 0 aliphatic heterocycles. The van der Waals surface area contributed by atoms with Gasteiger partial charge in [-0.25, -0.2) is 4.39 Å². The van der Waals surface area contributed by atoms with Gasteiger partial charge in [0.25, 0.3) is 0 Å². The topological polar surface area (TPSA) is 17.8 Å². The molecule has 0 saturated heterocycles. The van der Waals surface area contributed by atoms with E-state index in [-0.39, 0.29) is 5.82 Å². The maximum absolute atomic E-state index is 13.6. The van der Waals surface area contributed by atoms with Gasteiger partial charge >= 0.3 is 0 Å². The lowest BCUT2D eigenvalue weighted by atomic mass is 10.1. The van der Waals surface area contributed by atoms with Crippen molar-refractivity contribution < 1.29 is 4.39 Å². The second-order valence-corrected chi connectivity index (χ2v) is 4.21. The van der Waals surface area contributed by atoms with Gasteiger partial charge < -0.3 is 0 Å². The fourth-order valence-electron chi connectivity index (χ4n) is 1.67. The molecule has 2 aromatic rings. The second kappa shape index (κ2) is 4.08. The summed E-state index contributed by atoms with van der Waals surface area (Å²) in [7, 11) is 0. The van der Waals surface area contributed by atoms with Crippen molar-refractivity contribution in [3.05, 3.63) is 41.8 Å². The highest BCUT2D eigenvalue weighted by Crippen LogP contribution is 2.25. The van der Waals surface area contributed by atoms with Crippen LogP contribution in [0.4, 0.5) is 4.39 Å². The van der Waals surface area contributed by atoms with Gasteiger partial charge in [0.05, 0.1) is 5.69 Å². The third-order valence-electron chi connectivity index (χ3n) is 2.57. The first-order chi connectivity index (χ1) is 7.59. The number of halogens is 1. The molecule has 0 bridgehead atoms. The molecule has 0 fully saturated rings. The number of hydrogen-bond donors (Lipinski definition) is 0. The molecule has 1 aromatic heterocycles. The van der Waals surface area contributed by atoms with Crippen molar-refractivity contribution in [2.24, 2.45) is 0 Å². The number of aryl methyl sites for hydroxylation is 1. The Morgan fingerprint density at radius 2 is 1.94 bits per heavy atom. The summed E-state index contributed by atoms with van der Waals surface area (Å²) < 4.78 is 15.5. The van der Waals surface area contributed by atoms with E-state index >= 15 is 0 Å². The number of rotatable bonds is 2. The van der Waals surface area contributed by atoms with Crippen LogP contribution in [0.3, 0.4) is 0 Å². The molecule has 16 heavy (non-hydrogen) atoms. The lowest BCUT2D eigenvalue weighted by molar-refractivity contribution is 0.533. The van der Waals surface area contributed by atoms with Crippen molar-refractivity contribution in [1.82, 2.24) is 9.78 Å². The SMILES string of the molecule is Cc1cn(C(C)C)nc1-c1ccccc1F. The van der Waals surface area contributed by atoms with Gasteiger partial charge in [-0.1, -0.05) is 12.1 Å². The molecule has 0 aliphatic carbocycles. The molecule has 1 heterocycles. The van der Waals surface area contributed by atoms with E-state index in [9.17, 15) is 4.39 Å². The fraction of sp³-hybridized carbons (Fsp3) is 0.308. The Balaban J connectivity index is 2.52. The Bertz CT molecular complexity index is 500. The minimum atomic E-state index is -0.223. The summed E-state index contributed by atoms with van der Waals surface area (Å²) in [6.45, 7) is 6.06. The average Bonchev–Trinajstić information content (AvgIpc) is 2.61. The quantitative estimate of drug-likeness (QED) is 0.753. The van der Waals surface area contributed by atoms with Crippen LogP contribution in [0.1, 0.15) is 25.5 Å². The number of benzene rings is 1. The van der Waals surface area contributed by atoms with E-state index in [1.807, 2.05) is 23.9 Å². The molecule has 0 radical (unpaired) electrons. The minimum absolute atomic E-state index is 0.223. The summed E-state index contributed by atoms with van der Waals surface area (Å²) in [5, 5.41) is 4.42. The highest BCUT2D eigenvalue weighted by atomic mass is 19.1. The molecular weight excluding hydrogens is 203 g/mol. The van der Waals surface area contributed by atoms with Crippen LogP contribution in [-0.4, -0.2) is 9.78 Å². The summed E-state index contributed by atoms with van der Waals surface area (Å²) in [6.07, 6.45) is 1.95. The summed E-state index contributed by atoms with van der Waals surface area (Å²) in [5.41, 5.74) is 2.30. The van der Waals surface area contributed by atoms with Crippen molar-refractivity contribution in [1.29, 1.82) is 0 Å². The Kier molecular flexibility index (Phi) is 2.77. The van der Waals surface area contributed by atoms with E-state index < -0.39 is 0 Å². The van der Waals surface area contributed by atoms with Gasteiger partial charge in [-0.15, -0.1) is 0 Å². The van der Waals surface area contributed by atoms with Gasteiger partial charge in [0.15, 0.2) is 0 Å². The monoisotopic (exact) mass is 218 g/mol. The molecule has 0 atom stereocenters. The van der Waals surface area contributed by atoms with Crippen LogP contribution in [0.15, 0.2) is 30.5 Å². The van der Waals surface area contributed by atoms with Crippen LogP contribution in [0.5, 0.6) is 0 Å². The van der Waals surface area contributed by atoms with Crippen LogP contribution < -0.4 is 0 Å². The third kappa shape index (κ3) is 1.85. The van der Waals surface area contributed by atoms with E-state index in [4.69, 9.17) is 0 Å². The summed E-state index contributed by atoms with van der Waals surface area (Å²) in [5.74, 6) is -0.223. The summed E-state index contributed by atoms with van der Waals surface area (Å²) in [4.78, 5) is 0. The van der Waals surface area contributed by atoms with Crippen LogP contribution >= 0.6 is 0 Å². The molecule has 0 N–H and O–H groups in total. The van der Waals surface area contributed by atoms with Crippen molar-refractivity contribution in [3.8, 4) is 11.3 Å². The van der Waals surface area contributed by atoms with E-state index in [0.717, 1.165) is 11.3 Å². The fourth-order valence-corrected chi connectivity index (χ4v) is 1.67. The molecule has 3 heteroatoms. The average molecular weight is 218 g/mol. The third-order valence-corrected chi connectivity index (χ3v) is 2.57. The van der Waals surface area contributed by atoms with E-state index in [2.05, 4.69) is 18.9 Å². The molecule has 84 valence electrons. The first kappa shape index (κ1) is 10.9. The Morgan fingerprint density at radius 3 is 2.50 bits per heavy atom. The molecule has 0 aliphatic rings. The maximum Gasteiger partial charge on any atom is 0.132 e. The lowest BCUT2D eigenvalue weighted by Crippen LogP contribution is -2.00. The maximum atomic E-state index is 13.6. The summed E-state index contributed by atoms with van der Waals surface area (Å²) in [6, 6.07) is 7.03. The molecular formula is C13H15FN2. The predicted octanol–water partition coefficient (Wildman–Crippen LogP) is 3.58. The first-order valence-corrected chi connectivity index (χ1v) is 5.40. The van der Waals surface area contributed by atoms with Crippen molar-refractivity contribution in [2.75, 3.05) is 0 Å². The van der Waals surface area contributed by atoms with Crippen LogP contribution in [-0.2, 0) is 0 Å².